The number of carbonyl (C=O) groups is 4. The number of amides is 2. The lowest BCUT2D eigenvalue weighted by Gasteiger charge is -2.50. The first kappa shape index (κ1) is 34.5. The van der Waals surface area contributed by atoms with Crippen molar-refractivity contribution in [3.8, 4) is 5.69 Å². The fraction of sp³-hybridized carbons (Fsp3) is 0.310. The van der Waals surface area contributed by atoms with E-state index in [0.29, 0.717) is 16.5 Å². The van der Waals surface area contributed by atoms with Crippen LogP contribution in [0.25, 0.3) is 5.69 Å². The molecular formula is C29H31N9O7S3. The standard InChI is InChI=1S/C29H31N9O7S3/c1-12-5-6-15(13(2)7-12)37-18(31)8-17(30)34-28(37)47-11-14-10-46-24-20(23(40)38(24)21(14)25(41)42)35-22(39)19(16-9-33-27(32)48-16)36-45-29(3,4)26(43)44/h5-9,20,24H,10-11H2,1-4H3,(H8,30,31,32,33,35,36,39,41,42,43,44). The van der Waals surface area contributed by atoms with E-state index in [0.717, 1.165) is 33.1 Å². The first-order valence-corrected chi connectivity index (χ1v) is 17.0. The Morgan fingerprint density at radius 3 is 2.60 bits per heavy atom. The Balaban J connectivity index is 1.37. The molecule has 1 saturated heterocycles. The number of rotatable bonds is 11. The lowest BCUT2D eigenvalue weighted by molar-refractivity contribution is -0.626. The largest absolute Gasteiger partial charge is 0.543 e. The molecule has 5 rings (SSSR count). The number of carbonyl (C=O) groups excluding carboxylic acids is 3. The van der Waals surface area contributed by atoms with Crippen molar-refractivity contribution in [3.63, 3.8) is 0 Å². The molecule has 1 fully saturated rings. The monoisotopic (exact) mass is 713 g/mol. The first-order chi connectivity index (χ1) is 22.6. The summed E-state index contributed by atoms with van der Waals surface area (Å²) in [5.41, 5.74) is 18.8. The van der Waals surface area contributed by atoms with Crippen molar-refractivity contribution in [2.45, 2.75) is 49.9 Å². The first-order valence-electron chi connectivity index (χ1n) is 14.2. The van der Waals surface area contributed by atoms with E-state index < -0.39 is 40.8 Å². The number of aromatic nitrogens is 3. The van der Waals surface area contributed by atoms with Gasteiger partial charge < -0.3 is 42.4 Å². The fourth-order valence-electron chi connectivity index (χ4n) is 4.85. The smallest absolute Gasteiger partial charge is 0.350 e. The number of nitrogens with zero attached hydrogens (tertiary/aromatic N) is 5. The van der Waals surface area contributed by atoms with Crippen molar-refractivity contribution in [2.75, 3.05) is 28.7 Å². The number of nitrogen functional groups attached to an aromatic ring is 3. The summed E-state index contributed by atoms with van der Waals surface area (Å²) in [6, 6.07) is 6.24. The molecular weight excluding hydrogens is 683 g/mol. The number of nitrogens with one attached hydrogen (secondary N) is 1. The zero-order valence-corrected chi connectivity index (χ0v) is 28.5. The van der Waals surface area contributed by atoms with E-state index in [1.165, 1.54) is 49.6 Å². The van der Waals surface area contributed by atoms with Crippen LogP contribution < -0.4 is 32.2 Å². The van der Waals surface area contributed by atoms with Gasteiger partial charge in [0.15, 0.2) is 10.8 Å². The van der Waals surface area contributed by atoms with Gasteiger partial charge in [0.25, 0.3) is 11.8 Å². The van der Waals surface area contributed by atoms with Gasteiger partial charge in [0.2, 0.25) is 17.2 Å². The quantitative estimate of drug-likeness (QED) is 0.0437. The Kier molecular flexibility index (Phi) is 9.56. The van der Waals surface area contributed by atoms with E-state index in [2.05, 4.69) is 20.4 Å². The number of nitrogens with two attached hydrogens (primary N) is 3. The lowest BCUT2D eigenvalue weighted by Crippen LogP contribution is -2.71. The molecule has 2 unspecified atom stereocenters. The highest BCUT2D eigenvalue weighted by Gasteiger charge is 2.53. The van der Waals surface area contributed by atoms with Gasteiger partial charge in [0.05, 0.1) is 22.6 Å². The van der Waals surface area contributed by atoms with Crippen LogP contribution >= 0.6 is 34.9 Å². The normalized spacial score (nSPS) is 17.9. The number of aryl methyl sites for hydroxylation is 2. The zero-order chi connectivity index (χ0) is 35.1. The van der Waals surface area contributed by atoms with Crippen molar-refractivity contribution in [3.05, 3.63) is 57.7 Å². The number of aliphatic carboxylic acids is 2. The molecule has 2 atom stereocenters. The average molecular weight is 714 g/mol. The van der Waals surface area contributed by atoms with Crippen LogP contribution in [0, 0.1) is 13.8 Å². The van der Waals surface area contributed by atoms with Crippen LogP contribution in [0.3, 0.4) is 0 Å². The van der Waals surface area contributed by atoms with E-state index in [-0.39, 0.29) is 38.7 Å². The van der Waals surface area contributed by atoms with Gasteiger partial charge in [-0.25, -0.2) is 9.78 Å². The van der Waals surface area contributed by atoms with Gasteiger partial charge in [-0.15, -0.1) is 11.8 Å². The van der Waals surface area contributed by atoms with Crippen molar-refractivity contribution in [1.29, 1.82) is 0 Å². The van der Waals surface area contributed by atoms with Crippen LogP contribution in [0.15, 0.2) is 52.0 Å². The van der Waals surface area contributed by atoms with Crippen LogP contribution in [0.5, 0.6) is 0 Å². The van der Waals surface area contributed by atoms with E-state index in [4.69, 9.17) is 22.0 Å². The van der Waals surface area contributed by atoms with Crippen molar-refractivity contribution < 1.29 is 38.8 Å². The van der Waals surface area contributed by atoms with Crippen molar-refractivity contribution >= 4 is 81.1 Å². The van der Waals surface area contributed by atoms with Gasteiger partial charge in [-0.05, 0) is 56.7 Å². The molecule has 0 saturated carbocycles. The number of hydrogen-bond acceptors (Lipinski definition) is 15. The minimum Gasteiger partial charge on any atom is -0.543 e. The van der Waals surface area contributed by atoms with Gasteiger partial charge in [0.1, 0.15) is 17.1 Å². The van der Waals surface area contributed by atoms with Crippen LogP contribution in [0.4, 0.5) is 16.8 Å². The van der Waals surface area contributed by atoms with Crippen molar-refractivity contribution in [1.82, 2.24) is 20.2 Å². The third-order valence-electron chi connectivity index (χ3n) is 7.32. The Morgan fingerprint density at radius 2 is 1.98 bits per heavy atom. The summed E-state index contributed by atoms with van der Waals surface area (Å²) in [6.45, 7) is 6.39. The van der Waals surface area contributed by atoms with Gasteiger partial charge >= 0.3 is 11.1 Å². The summed E-state index contributed by atoms with van der Waals surface area (Å²) in [7, 11) is 0. The molecule has 1 aromatic carbocycles. The van der Waals surface area contributed by atoms with E-state index in [9.17, 15) is 29.4 Å². The average Bonchev–Trinajstić information content (AvgIpc) is 3.44. The van der Waals surface area contributed by atoms with Gasteiger partial charge in [-0.1, -0.05) is 39.2 Å². The van der Waals surface area contributed by atoms with Crippen LogP contribution in [-0.2, 0) is 24.0 Å². The molecule has 8 N–H and O–H groups in total. The minimum atomic E-state index is -1.78. The maximum atomic E-state index is 13.4. The predicted octanol–water partition coefficient (Wildman–Crippen LogP) is -0.0417. The molecule has 2 aromatic heterocycles. The van der Waals surface area contributed by atoms with E-state index >= 15 is 0 Å². The third-order valence-corrected chi connectivity index (χ3v) is 10.5. The number of benzene rings is 1. The van der Waals surface area contributed by atoms with E-state index in [1.54, 1.807) is 4.57 Å². The number of carboxylic acid groups (broad SMARTS) is 2. The number of oxime groups is 1. The highest BCUT2D eigenvalue weighted by atomic mass is 32.2. The molecule has 0 bridgehead atoms. The second-order valence-corrected chi connectivity index (χ2v) is 14.4. The molecule has 2 aliphatic heterocycles. The summed E-state index contributed by atoms with van der Waals surface area (Å²) < 4.78 is 1.73. The molecule has 0 radical (unpaired) electrons. The number of fused-ring (bicyclic) bond motifs is 1. The minimum absolute atomic E-state index is 0.112. The summed E-state index contributed by atoms with van der Waals surface area (Å²) in [6.07, 6.45) is 1.26. The molecule has 2 aliphatic rings. The summed E-state index contributed by atoms with van der Waals surface area (Å²) >= 11 is 3.35. The highest BCUT2D eigenvalue weighted by molar-refractivity contribution is 8.01. The van der Waals surface area contributed by atoms with Gasteiger partial charge in [0, 0.05) is 17.7 Å². The molecule has 19 heteroatoms. The van der Waals surface area contributed by atoms with E-state index in [1.807, 2.05) is 32.0 Å². The van der Waals surface area contributed by atoms with Crippen LogP contribution in [-0.4, -0.2) is 78.0 Å². The third kappa shape index (κ3) is 6.74. The molecule has 4 heterocycles. The Morgan fingerprint density at radius 1 is 1.25 bits per heavy atom. The SMILES string of the molecule is Cc1ccc(-[n+]2c(N)cc(N)nc2SCC2=C(C(=O)[O-])N3C(=O)C(NC(=O)/C(=N\OC(C)(C)C(=O)O)c4cnc(N)s4)C3SC2)c(C)c1. The molecule has 0 spiro atoms. The van der Waals surface area contributed by atoms with Crippen molar-refractivity contribution in [2.24, 2.45) is 5.16 Å². The van der Waals surface area contributed by atoms with Crippen LogP contribution in [0.2, 0.25) is 0 Å². The Bertz CT molecular complexity index is 1910. The molecule has 252 valence electrons. The Hall–Kier alpha value is -4.88. The lowest BCUT2D eigenvalue weighted by atomic mass is 10.0. The number of thiazole rings is 1. The number of β-lactam (4-membered cyclic amide) rings is 1. The molecule has 0 aliphatic carbocycles. The summed E-state index contributed by atoms with van der Waals surface area (Å²) in [5.74, 6) is -3.62. The highest BCUT2D eigenvalue weighted by Crippen LogP contribution is 2.41. The number of carboxylic acids is 2. The number of anilines is 3. The Labute approximate surface area is 286 Å². The maximum Gasteiger partial charge on any atom is 0.350 e. The van der Waals surface area contributed by atoms with Crippen LogP contribution in [0.1, 0.15) is 29.9 Å². The summed E-state index contributed by atoms with van der Waals surface area (Å²) in [5, 5.41) is 27.9. The molecule has 3 aromatic rings. The summed E-state index contributed by atoms with van der Waals surface area (Å²) in [4.78, 5) is 65.4. The fourth-order valence-corrected chi connectivity index (χ4v) is 8.04. The maximum absolute atomic E-state index is 13.4. The molecule has 16 nitrogen and oxygen atoms in total. The van der Waals surface area contributed by atoms with Gasteiger partial charge in [-0.3, -0.25) is 14.5 Å². The number of hydrogen-bond donors (Lipinski definition) is 5. The zero-order valence-electron chi connectivity index (χ0n) is 26.0. The van der Waals surface area contributed by atoms with Gasteiger partial charge in [-0.2, -0.15) is 4.57 Å². The second kappa shape index (κ2) is 13.3. The predicted molar refractivity (Wildman–Crippen MR) is 178 cm³/mol. The second-order valence-electron chi connectivity index (χ2n) is 11.3. The topological polar surface area (TPSA) is 256 Å². The molecule has 2 amide bonds. The molecule has 48 heavy (non-hydrogen) atoms. The number of thioether (sulfide) groups is 2.